The fourth-order valence-electron chi connectivity index (χ4n) is 2.15. The number of carbonyl (C=O) groups excluding carboxylic acids is 1. The van der Waals surface area contributed by atoms with Crippen LogP contribution in [0.4, 0.5) is 5.82 Å². The molecule has 110 valence electrons. The molecule has 0 aromatic carbocycles. The lowest BCUT2D eigenvalue weighted by atomic mass is 10.3. The molecule has 0 radical (unpaired) electrons. The molecule has 0 aliphatic carbocycles. The summed E-state index contributed by atoms with van der Waals surface area (Å²) in [6.45, 7) is 2.59. The van der Waals surface area contributed by atoms with Crippen LogP contribution in [0.15, 0.2) is 17.9 Å². The number of amides is 1. The van der Waals surface area contributed by atoms with Gasteiger partial charge in [-0.2, -0.15) is 0 Å². The third-order valence-electron chi connectivity index (χ3n) is 3.23. The quantitative estimate of drug-likeness (QED) is 0.782. The average Bonchev–Trinajstić information content (AvgIpc) is 2.93. The van der Waals surface area contributed by atoms with Crippen LogP contribution in [-0.4, -0.2) is 51.9 Å². The van der Waals surface area contributed by atoms with Gasteiger partial charge >= 0.3 is 0 Å². The van der Waals surface area contributed by atoms with E-state index in [0.717, 1.165) is 5.82 Å². The molecule has 2 aromatic rings. The van der Waals surface area contributed by atoms with Gasteiger partial charge in [-0.15, -0.1) is 11.3 Å². The molecule has 0 spiro atoms. The Morgan fingerprint density at radius 2 is 1.90 bits per heavy atom. The topological polar surface area (TPSA) is 62.2 Å². The summed E-state index contributed by atoms with van der Waals surface area (Å²) in [5.74, 6) is 0.709. The highest BCUT2D eigenvalue weighted by Gasteiger charge is 2.25. The number of thiazole rings is 1. The second-order valence-electron chi connectivity index (χ2n) is 4.45. The van der Waals surface area contributed by atoms with E-state index in [1.165, 1.54) is 17.7 Å². The zero-order chi connectivity index (χ0) is 14.8. The van der Waals surface area contributed by atoms with E-state index in [-0.39, 0.29) is 11.1 Å². The van der Waals surface area contributed by atoms with Crippen molar-refractivity contribution in [1.82, 2.24) is 19.9 Å². The van der Waals surface area contributed by atoms with Gasteiger partial charge in [0.15, 0.2) is 5.15 Å². The van der Waals surface area contributed by atoms with Gasteiger partial charge in [0.25, 0.3) is 5.91 Å². The summed E-state index contributed by atoms with van der Waals surface area (Å²) in [6, 6.07) is 1.72. The fraction of sp³-hybridized carbons (Fsp3) is 0.333. The van der Waals surface area contributed by atoms with E-state index in [0.29, 0.717) is 36.2 Å². The van der Waals surface area contributed by atoms with Crippen molar-refractivity contribution in [3.05, 3.63) is 33.1 Å². The van der Waals surface area contributed by atoms with Crippen molar-refractivity contribution in [2.24, 2.45) is 0 Å². The Morgan fingerprint density at radius 1 is 1.14 bits per heavy atom. The van der Waals surface area contributed by atoms with Crippen LogP contribution in [0.2, 0.25) is 10.3 Å². The SMILES string of the molecule is O=C(c1scnc1Cl)N1CCN(c2cc(Cl)ncn2)CC1. The lowest BCUT2D eigenvalue weighted by molar-refractivity contribution is 0.0751. The van der Waals surface area contributed by atoms with Crippen molar-refractivity contribution in [3.8, 4) is 0 Å². The van der Waals surface area contributed by atoms with Gasteiger partial charge in [-0.3, -0.25) is 4.79 Å². The lowest BCUT2D eigenvalue weighted by Crippen LogP contribution is -2.49. The molecule has 0 unspecified atom stereocenters. The van der Waals surface area contributed by atoms with E-state index in [1.54, 1.807) is 16.5 Å². The van der Waals surface area contributed by atoms with Crippen molar-refractivity contribution < 1.29 is 4.79 Å². The van der Waals surface area contributed by atoms with Gasteiger partial charge in [0, 0.05) is 32.2 Å². The molecule has 0 saturated carbocycles. The van der Waals surface area contributed by atoms with Gasteiger partial charge in [-0.05, 0) is 0 Å². The van der Waals surface area contributed by atoms with E-state index in [1.807, 2.05) is 0 Å². The predicted molar refractivity (Wildman–Crippen MR) is 82.3 cm³/mol. The Kier molecular flexibility index (Phi) is 4.23. The summed E-state index contributed by atoms with van der Waals surface area (Å²) >= 11 is 13.0. The maximum Gasteiger partial charge on any atom is 0.267 e. The van der Waals surface area contributed by atoms with E-state index in [2.05, 4.69) is 19.9 Å². The molecule has 0 bridgehead atoms. The van der Waals surface area contributed by atoms with E-state index in [4.69, 9.17) is 23.2 Å². The fourth-order valence-corrected chi connectivity index (χ4v) is 3.26. The zero-order valence-corrected chi connectivity index (χ0v) is 13.2. The Labute approximate surface area is 135 Å². The molecule has 6 nitrogen and oxygen atoms in total. The van der Waals surface area contributed by atoms with Crippen LogP contribution in [0.3, 0.4) is 0 Å². The van der Waals surface area contributed by atoms with Gasteiger partial charge < -0.3 is 9.80 Å². The van der Waals surface area contributed by atoms with Gasteiger partial charge in [-0.25, -0.2) is 15.0 Å². The van der Waals surface area contributed by atoms with Crippen molar-refractivity contribution in [2.45, 2.75) is 0 Å². The first kappa shape index (κ1) is 14.5. The number of aromatic nitrogens is 3. The number of halogens is 2. The van der Waals surface area contributed by atoms with Crippen molar-refractivity contribution in [3.63, 3.8) is 0 Å². The second-order valence-corrected chi connectivity index (χ2v) is 6.05. The lowest BCUT2D eigenvalue weighted by Gasteiger charge is -2.35. The molecule has 2 aromatic heterocycles. The molecule has 3 heterocycles. The van der Waals surface area contributed by atoms with Crippen LogP contribution >= 0.6 is 34.5 Å². The molecule has 3 rings (SSSR count). The van der Waals surface area contributed by atoms with E-state index >= 15 is 0 Å². The minimum atomic E-state index is -0.0668. The maximum atomic E-state index is 12.3. The molecule has 9 heteroatoms. The van der Waals surface area contributed by atoms with Crippen LogP contribution in [0, 0.1) is 0 Å². The minimum Gasteiger partial charge on any atom is -0.353 e. The molecule has 1 fully saturated rings. The molecule has 1 saturated heterocycles. The highest BCUT2D eigenvalue weighted by atomic mass is 35.5. The second kappa shape index (κ2) is 6.13. The Morgan fingerprint density at radius 3 is 2.52 bits per heavy atom. The summed E-state index contributed by atoms with van der Waals surface area (Å²) in [5, 5.41) is 0.685. The highest BCUT2D eigenvalue weighted by molar-refractivity contribution is 7.12. The van der Waals surface area contributed by atoms with E-state index in [9.17, 15) is 4.79 Å². The summed E-state index contributed by atoms with van der Waals surface area (Å²) < 4.78 is 0. The molecule has 1 aliphatic rings. The molecule has 1 amide bonds. The molecular weight excluding hydrogens is 333 g/mol. The number of rotatable bonds is 2. The minimum absolute atomic E-state index is 0.0668. The third-order valence-corrected chi connectivity index (χ3v) is 4.65. The van der Waals surface area contributed by atoms with Crippen LogP contribution in [0.25, 0.3) is 0 Å². The third kappa shape index (κ3) is 3.09. The van der Waals surface area contributed by atoms with Crippen molar-refractivity contribution in [1.29, 1.82) is 0 Å². The van der Waals surface area contributed by atoms with Crippen LogP contribution in [0.5, 0.6) is 0 Å². The summed E-state index contributed by atoms with van der Waals surface area (Å²) in [7, 11) is 0. The Bertz CT molecular complexity index is 657. The zero-order valence-electron chi connectivity index (χ0n) is 10.9. The molecule has 1 aliphatic heterocycles. The van der Waals surface area contributed by atoms with Crippen LogP contribution in [0.1, 0.15) is 9.67 Å². The van der Waals surface area contributed by atoms with E-state index < -0.39 is 0 Å². The molecule has 21 heavy (non-hydrogen) atoms. The standard InChI is InChI=1S/C12H11Cl2N5OS/c13-8-5-9(16-6-15-8)18-1-3-19(4-2-18)12(20)10-11(14)17-7-21-10/h5-7H,1-4H2. The number of hydrogen-bond acceptors (Lipinski definition) is 6. The monoisotopic (exact) mass is 343 g/mol. The predicted octanol–water partition coefficient (Wildman–Crippen LogP) is 2.20. The average molecular weight is 344 g/mol. The van der Waals surface area contributed by atoms with Crippen molar-refractivity contribution >= 4 is 46.3 Å². The molecule has 0 atom stereocenters. The van der Waals surface area contributed by atoms with Gasteiger partial charge in [-0.1, -0.05) is 23.2 Å². The first-order valence-electron chi connectivity index (χ1n) is 6.26. The number of piperazine rings is 1. The number of hydrogen-bond donors (Lipinski definition) is 0. The maximum absolute atomic E-state index is 12.3. The highest BCUT2D eigenvalue weighted by Crippen LogP contribution is 2.22. The Balaban J connectivity index is 1.65. The smallest absolute Gasteiger partial charge is 0.267 e. The first-order chi connectivity index (χ1) is 10.1. The summed E-state index contributed by atoms with van der Waals surface area (Å²) in [6.07, 6.45) is 1.44. The van der Waals surface area contributed by atoms with Gasteiger partial charge in [0.05, 0.1) is 5.51 Å². The van der Waals surface area contributed by atoms with Crippen molar-refractivity contribution in [2.75, 3.05) is 31.1 Å². The normalized spacial score (nSPS) is 15.3. The van der Waals surface area contributed by atoms with Gasteiger partial charge in [0.1, 0.15) is 22.2 Å². The summed E-state index contributed by atoms with van der Waals surface area (Å²) in [5.41, 5.74) is 1.58. The molecule has 0 N–H and O–H groups in total. The molecular formula is C12H11Cl2N5OS. The largest absolute Gasteiger partial charge is 0.353 e. The van der Waals surface area contributed by atoms with Crippen LogP contribution in [-0.2, 0) is 0 Å². The number of anilines is 1. The number of nitrogens with zero attached hydrogens (tertiary/aromatic N) is 5. The Hall–Kier alpha value is -1.44. The summed E-state index contributed by atoms with van der Waals surface area (Å²) in [4.78, 5) is 28.6. The van der Waals surface area contributed by atoms with Crippen LogP contribution < -0.4 is 4.90 Å². The number of carbonyl (C=O) groups is 1. The first-order valence-corrected chi connectivity index (χ1v) is 7.89. The van der Waals surface area contributed by atoms with Gasteiger partial charge in [0.2, 0.25) is 0 Å².